The van der Waals surface area contributed by atoms with Crippen LogP contribution < -0.4 is 14.2 Å². The van der Waals surface area contributed by atoms with E-state index in [1.807, 2.05) is 0 Å². The number of hydrogen-bond acceptors (Lipinski definition) is 4. The Labute approximate surface area is 117 Å². The molecule has 0 bridgehead atoms. The van der Waals surface area contributed by atoms with Crippen molar-refractivity contribution in [3.05, 3.63) is 42.2 Å². The first-order chi connectivity index (χ1) is 9.56. The molecule has 2 N–H and O–H groups in total. The number of benzene rings is 1. The molecule has 1 heterocycles. The maximum atomic E-state index is 12.3. The van der Waals surface area contributed by atoms with Gasteiger partial charge < -0.3 is 14.5 Å². The molecule has 6 nitrogen and oxygen atoms in total. The highest BCUT2D eigenvalue weighted by Gasteiger charge is 2.20. The number of aromatic amines is 1. The van der Waals surface area contributed by atoms with Crippen molar-refractivity contribution >= 4 is 10.0 Å². The number of H-pyrrole nitrogens is 1. The molecule has 20 heavy (non-hydrogen) atoms. The first kappa shape index (κ1) is 14.4. The number of methoxy groups -OCH3 is 2. The Hall–Kier alpha value is -1.99. The smallest absolute Gasteiger partial charge is 0.244 e. The number of nitrogens with one attached hydrogen (secondary N) is 2. The molecule has 0 aliphatic carbocycles. The van der Waals surface area contributed by atoms with Gasteiger partial charge in [-0.2, -0.15) is 0 Å². The summed E-state index contributed by atoms with van der Waals surface area (Å²) in [6.07, 6.45) is 3.46. The van der Waals surface area contributed by atoms with Crippen molar-refractivity contribution in [1.29, 1.82) is 0 Å². The second-order valence-electron chi connectivity index (χ2n) is 4.06. The van der Waals surface area contributed by atoms with Crippen molar-refractivity contribution in [1.82, 2.24) is 9.71 Å². The van der Waals surface area contributed by atoms with Gasteiger partial charge in [0.25, 0.3) is 0 Å². The SMILES string of the molecule is COc1ccc(OC)c(S(=O)(=O)NCc2cc[nH]c2)c1. The zero-order valence-electron chi connectivity index (χ0n) is 11.2. The first-order valence-corrected chi connectivity index (χ1v) is 7.38. The molecule has 0 aliphatic rings. The Morgan fingerprint density at radius 2 is 2.00 bits per heavy atom. The highest BCUT2D eigenvalue weighted by molar-refractivity contribution is 7.89. The van der Waals surface area contributed by atoms with Crippen LogP contribution in [0.15, 0.2) is 41.6 Å². The fourth-order valence-electron chi connectivity index (χ4n) is 1.72. The van der Waals surface area contributed by atoms with E-state index >= 15 is 0 Å². The van der Waals surface area contributed by atoms with Crippen LogP contribution in [0.3, 0.4) is 0 Å². The fraction of sp³-hybridized carbons (Fsp3) is 0.231. The summed E-state index contributed by atoms with van der Waals surface area (Å²) in [5.74, 6) is 0.722. The highest BCUT2D eigenvalue weighted by atomic mass is 32.2. The maximum absolute atomic E-state index is 12.3. The molecule has 0 radical (unpaired) electrons. The molecule has 0 aliphatic heterocycles. The molecule has 2 aromatic rings. The lowest BCUT2D eigenvalue weighted by atomic mass is 10.3. The molecule has 1 aromatic carbocycles. The van der Waals surface area contributed by atoms with E-state index in [2.05, 4.69) is 9.71 Å². The summed E-state index contributed by atoms with van der Waals surface area (Å²) in [4.78, 5) is 2.92. The zero-order valence-corrected chi connectivity index (χ0v) is 12.0. The molecule has 2 rings (SSSR count). The summed E-state index contributed by atoms with van der Waals surface area (Å²) >= 11 is 0. The van der Waals surface area contributed by atoms with E-state index in [9.17, 15) is 8.42 Å². The van der Waals surface area contributed by atoms with Gasteiger partial charge in [-0.3, -0.25) is 0 Å². The average molecular weight is 296 g/mol. The Balaban J connectivity index is 2.28. The molecule has 0 spiro atoms. The van der Waals surface area contributed by atoms with E-state index in [4.69, 9.17) is 9.47 Å². The van der Waals surface area contributed by atoms with Crippen LogP contribution in [0, 0.1) is 0 Å². The lowest BCUT2D eigenvalue weighted by Crippen LogP contribution is -2.23. The van der Waals surface area contributed by atoms with E-state index in [-0.39, 0.29) is 17.2 Å². The van der Waals surface area contributed by atoms with Crippen molar-refractivity contribution in [2.45, 2.75) is 11.4 Å². The van der Waals surface area contributed by atoms with Gasteiger partial charge in [0, 0.05) is 25.0 Å². The molecule has 0 amide bonds. The van der Waals surface area contributed by atoms with E-state index < -0.39 is 10.0 Å². The van der Waals surface area contributed by atoms with Crippen LogP contribution in [0.1, 0.15) is 5.56 Å². The minimum absolute atomic E-state index is 0.0508. The lowest BCUT2D eigenvalue weighted by Gasteiger charge is -2.11. The Morgan fingerprint density at radius 3 is 2.60 bits per heavy atom. The third kappa shape index (κ3) is 3.12. The van der Waals surface area contributed by atoms with Gasteiger partial charge in [0.15, 0.2) is 0 Å². The minimum Gasteiger partial charge on any atom is -0.497 e. The van der Waals surface area contributed by atoms with Crippen molar-refractivity contribution in [2.24, 2.45) is 0 Å². The summed E-state index contributed by atoms with van der Waals surface area (Å²) in [5.41, 5.74) is 0.843. The van der Waals surface area contributed by atoms with Crippen LogP contribution in [0.25, 0.3) is 0 Å². The van der Waals surface area contributed by atoms with Crippen LogP contribution in [0.4, 0.5) is 0 Å². The van der Waals surface area contributed by atoms with E-state index in [0.717, 1.165) is 5.56 Å². The normalized spacial score (nSPS) is 11.3. The Morgan fingerprint density at radius 1 is 1.20 bits per heavy atom. The monoisotopic (exact) mass is 296 g/mol. The molecule has 108 valence electrons. The van der Waals surface area contributed by atoms with Gasteiger partial charge in [0.05, 0.1) is 14.2 Å². The summed E-state index contributed by atoms with van der Waals surface area (Å²) in [6.45, 7) is 0.201. The largest absolute Gasteiger partial charge is 0.497 e. The predicted octanol–water partition coefficient (Wildman–Crippen LogP) is 1.51. The third-order valence-electron chi connectivity index (χ3n) is 2.79. The average Bonchev–Trinajstić information content (AvgIpc) is 2.98. The quantitative estimate of drug-likeness (QED) is 0.846. The van der Waals surface area contributed by atoms with E-state index in [1.165, 1.54) is 20.3 Å². The number of aromatic nitrogens is 1. The molecule has 0 atom stereocenters. The minimum atomic E-state index is -3.68. The number of hydrogen-bond donors (Lipinski definition) is 2. The Kier molecular flexibility index (Phi) is 4.31. The molecule has 0 saturated carbocycles. The summed E-state index contributed by atoms with van der Waals surface area (Å²) in [6, 6.07) is 6.43. The molecule has 0 saturated heterocycles. The number of sulfonamides is 1. The second kappa shape index (κ2) is 5.98. The van der Waals surface area contributed by atoms with Gasteiger partial charge in [0.1, 0.15) is 16.4 Å². The van der Waals surface area contributed by atoms with Crippen LogP contribution in [0.5, 0.6) is 11.5 Å². The standard InChI is InChI=1S/C13H16N2O4S/c1-18-11-3-4-12(19-2)13(7-11)20(16,17)15-9-10-5-6-14-8-10/h3-8,14-15H,9H2,1-2H3. The predicted molar refractivity (Wildman–Crippen MR) is 74.4 cm³/mol. The molecule has 7 heteroatoms. The fourth-order valence-corrected chi connectivity index (χ4v) is 2.92. The Bertz CT molecular complexity index is 666. The highest BCUT2D eigenvalue weighted by Crippen LogP contribution is 2.28. The molecule has 0 fully saturated rings. The topological polar surface area (TPSA) is 80.4 Å². The van der Waals surface area contributed by atoms with Crippen molar-refractivity contribution < 1.29 is 17.9 Å². The van der Waals surface area contributed by atoms with Crippen LogP contribution in [-0.4, -0.2) is 27.6 Å². The van der Waals surface area contributed by atoms with Crippen LogP contribution >= 0.6 is 0 Å². The molecular weight excluding hydrogens is 280 g/mol. The van der Waals surface area contributed by atoms with Gasteiger partial charge >= 0.3 is 0 Å². The maximum Gasteiger partial charge on any atom is 0.244 e. The van der Waals surface area contributed by atoms with Gasteiger partial charge in [-0.1, -0.05) is 0 Å². The molecular formula is C13H16N2O4S. The summed E-state index contributed by atoms with van der Waals surface area (Å²) in [5, 5.41) is 0. The van der Waals surface area contributed by atoms with E-state index in [0.29, 0.717) is 5.75 Å². The van der Waals surface area contributed by atoms with Gasteiger partial charge in [-0.05, 0) is 23.8 Å². The lowest BCUT2D eigenvalue weighted by molar-refractivity contribution is 0.392. The van der Waals surface area contributed by atoms with Gasteiger partial charge in [0.2, 0.25) is 10.0 Å². The second-order valence-corrected chi connectivity index (χ2v) is 5.80. The molecule has 1 aromatic heterocycles. The molecule has 0 unspecified atom stereocenters. The van der Waals surface area contributed by atoms with Crippen LogP contribution in [0.2, 0.25) is 0 Å². The number of rotatable bonds is 6. The van der Waals surface area contributed by atoms with Crippen molar-refractivity contribution in [3.63, 3.8) is 0 Å². The third-order valence-corrected chi connectivity index (χ3v) is 4.21. The first-order valence-electron chi connectivity index (χ1n) is 5.90. The summed E-state index contributed by atoms with van der Waals surface area (Å²) in [7, 11) is -0.779. The van der Waals surface area contributed by atoms with E-state index in [1.54, 1.807) is 30.6 Å². The van der Waals surface area contributed by atoms with Crippen molar-refractivity contribution in [3.8, 4) is 11.5 Å². The van der Waals surface area contributed by atoms with Crippen LogP contribution in [-0.2, 0) is 16.6 Å². The number of ether oxygens (including phenoxy) is 2. The summed E-state index contributed by atoms with van der Waals surface area (Å²) < 4.78 is 37.3. The van der Waals surface area contributed by atoms with Gasteiger partial charge in [-0.25, -0.2) is 13.1 Å². The van der Waals surface area contributed by atoms with Crippen molar-refractivity contribution in [2.75, 3.05) is 14.2 Å². The zero-order chi connectivity index (χ0) is 14.6. The van der Waals surface area contributed by atoms with Gasteiger partial charge in [-0.15, -0.1) is 0 Å².